The van der Waals surface area contributed by atoms with Gasteiger partial charge in [0.2, 0.25) is 10.2 Å². The van der Waals surface area contributed by atoms with E-state index in [1.807, 2.05) is 23.5 Å². The first-order valence-electron chi connectivity index (χ1n) is 7.40. The molecule has 0 amide bonds. The molecule has 0 aromatic carbocycles. The molecule has 2 atom stereocenters. The third-order valence-electron chi connectivity index (χ3n) is 3.95. The summed E-state index contributed by atoms with van der Waals surface area (Å²) in [7, 11) is 0. The molecule has 1 fully saturated rings. The van der Waals surface area contributed by atoms with Gasteiger partial charge in [0.05, 0.1) is 16.9 Å². The molecule has 8 heteroatoms. The average molecular weight is 407 g/mol. The Hall–Kier alpha value is 0.920. The summed E-state index contributed by atoms with van der Waals surface area (Å²) in [5.74, 6) is 0. The Bertz CT molecular complexity index is 562. The number of ether oxygens (including phenoxy) is 2. The summed E-state index contributed by atoms with van der Waals surface area (Å²) in [6, 6.07) is 0. The van der Waals surface area contributed by atoms with Gasteiger partial charge in [-0.05, 0) is 36.4 Å². The maximum atomic E-state index is 5.71. The molecule has 0 aromatic heterocycles. The molecule has 2 nitrogen and oxygen atoms in total. The summed E-state index contributed by atoms with van der Waals surface area (Å²) in [4.78, 5) is 0. The lowest BCUT2D eigenvalue weighted by Gasteiger charge is -2.34. The van der Waals surface area contributed by atoms with E-state index in [0.29, 0.717) is 13.2 Å². The Morgan fingerprint density at radius 1 is 0.636 bits per heavy atom. The minimum Gasteiger partial charge on any atom is -0.480 e. The Kier molecular flexibility index (Phi) is 4.37. The van der Waals surface area contributed by atoms with Crippen molar-refractivity contribution in [1.82, 2.24) is 0 Å². The third kappa shape index (κ3) is 2.75. The van der Waals surface area contributed by atoms with Crippen LogP contribution in [0.3, 0.4) is 0 Å². The highest BCUT2D eigenvalue weighted by atomic mass is 32.3. The minimum absolute atomic E-state index is 0.680. The molecule has 0 aromatic rings. The fraction of sp³-hybridized carbons (Fsp3) is 0.571. The number of hydrogen-bond acceptors (Lipinski definition) is 8. The molecule has 5 aliphatic rings. The SMILES string of the molecule is C1CC[C@H]2SC3=C(SC(=C4SC5=C(OCCO5)S4)S3)S[C@H]2C1. The van der Waals surface area contributed by atoms with Crippen molar-refractivity contribution in [2.24, 2.45) is 0 Å². The summed E-state index contributed by atoms with van der Waals surface area (Å²) in [6.07, 6.45) is 5.63. The quantitative estimate of drug-likeness (QED) is 0.470. The molecule has 0 unspecified atom stereocenters. The summed E-state index contributed by atoms with van der Waals surface area (Å²) >= 11 is 11.8. The number of fused-ring (bicyclic) bond motifs is 1. The predicted molar refractivity (Wildman–Crippen MR) is 105 cm³/mol. The molecular formula is C14H14O2S6. The van der Waals surface area contributed by atoms with E-state index in [1.54, 1.807) is 32.0 Å². The average Bonchev–Trinajstić information content (AvgIpc) is 3.15. The predicted octanol–water partition coefficient (Wildman–Crippen LogP) is 6.16. The van der Waals surface area contributed by atoms with Gasteiger partial charge in [0.25, 0.3) is 0 Å². The standard InChI is InChI=1S/C14H14O2S6/c1-2-4-8-7(3-1)17-11-12(18-8)22-14(21-11)13-19-9-10(20-13)16-6-5-15-9/h7-8H,1-6H2/t7-,8+. The van der Waals surface area contributed by atoms with Gasteiger partial charge in [-0.1, -0.05) is 36.4 Å². The van der Waals surface area contributed by atoms with Gasteiger partial charge in [0, 0.05) is 10.5 Å². The fourth-order valence-electron chi connectivity index (χ4n) is 2.91. The zero-order valence-corrected chi connectivity index (χ0v) is 16.6. The van der Waals surface area contributed by atoms with Crippen LogP contribution in [0.5, 0.6) is 0 Å². The molecule has 1 aliphatic carbocycles. The van der Waals surface area contributed by atoms with Gasteiger partial charge >= 0.3 is 0 Å². The summed E-state index contributed by atoms with van der Waals surface area (Å²) in [5, 5.41) is 3.63. The Balaban J connectivity index is 1.34. The Morgan fingerprint density at radius 2 is 1.14 bits per heavy atom. The van der Waals surface area contributed by atoms with Gasteiger partial charge in [0.15, 0.2) is 0 Å². The zero-order chi connectivity index (χ0) is 14.5. The van der Waals surface area contributed by atoms with E-state index in [4.69, 9.17) is 9.47 Å². The molecule has 0 spiro atoms. The highest BCUT2D eigenvalue weighted by Crippen LogP contribution is 2.67. The van der Waals surface area contributed by atoms with E-state index in [-0.39, 0.29) is 0 Å². The van der Waals surface area contributed by atoms with E-state index < -0.39 is 0 Å². The van der Waals surface area contributed by atoms with Gasteiger partial charge in [0.1, 0.15) is 13.2 Å². The van der Waals surface area contributed by atoms with Crippen LogP contribution in [-0.2, 0) is 9.47 Å². The van der Waals surface area contributed by atoms with Gasteiger partial charge in [-0.15, -0.1) is 23.5 Å². The molecule has 0 saturated heterocycles. The third-order valence-corrected chi connectivity index (χ3v) is 13.2. The van der Waals surface area contributed by atoms with E-state index in [1.165, 1.54) is 34.2 Å². The van der Waals surface area contributed by atoms with Crippen LogP contribution in [0.4, 0.5) is 0 Å². The second-order valence-corrected chi connectivity index (χ2v) is 13.0. The molecule has 118 valence electrons. The van der Waals surface area contributed by atoms with Crippen LogP contribution in [0, 0.1) is 0 Å². The molecule has 4 heterocycles. The van der Waals surface area contributed by atoms with E-state index in [0.717, 1.165) is 20.7 Å². The van der Waals surface area contributed by atoms with Crippen LogP contribution < -0.4 is 0 Å². The van der Waals surface area contributed by atoms with Crippen LogP contribution in [0.1, 0.15) is 25.7 Å². The monoisotopic (exact) mass is 406 g/mol. The molecule has 0 N–H and O–H groups in total. The number of thioether (sulfide) groups is 6. The van der Waals surface area contributed by atoms with E-state index in [2.05, 4.69) is 23.5 Å². The summed E-state index contributed by atoms with van der Waals surface area (Å²) in [5.41, 5.74) is 0. The second-order valence-electron chi connectivity index (χ2n) is 5.43. The first-order valence-corrected chi connectivity index (χ1v) is 12.4. The zero-order valence-electron chi connectivity index (χ0n) is 11.7. The molecule has 0 radical (unpaired) electrons. The van der Waals surface area contributed by atoms with E-state index >= 15 is 0 Å². The first-order chi connectivity index (χ1) is 10.9. The molecule has 0 bridgehead atoms. The van der Waals surface area contributed by atoms with Crippen molar-refractivity contribution in [2.45, 2.75) is 36.2 Å². The van der Waals surface area contributed by atoms with Crippen LogP contribution in [0.15, 0.2) is 27.1 Å². The van der Waals surface area contributed by atoms with Crippen molar-refractivity contribution in [1.29, 1.82) is 0 Å². The van der Waals surface area contributed by atoms with Gasteiger partial charge in [-0.3, -0.25) is 0 Å². The lowest BCUT2D eigenvalue weighted by molar-refractivity contribution is 0.0949. The topological polar surface area (TPSA) is 18.5 Å². The smallest absolute Gasteiger partial charge is 0.208 e. The van der Waals surface area contributed by atoms with Crippen molar-refractivity contribution in [2.75, 3.05) is 13.2 Å². The van der Waals surface area contributed by atoms with Crippen LogP contribution in [0.2, 0.25) is 0 Å². The highest BCUT2D eigenvalue weighted by molar-refractivity contribution is 8.43. The molecule has 5 rings (SSSR count). The number of hydrogen-bond donors (Lipinski definition) is 0. The number of rotatable bonds is 0. The fourth-order valence-corrected chi connectivity index (χ4v) is 12.4. The molecule has 1 saturated carbocycles. The molecule has 4 aliphatic heterocycles. The molecular weight excluding hydrogens is 393 g/mol. The lowest BCUT2D eigenvalue weighted by Crippen LogP contribution is -2.26. The summed E-state index contributed by atoms with van der Waals surface area (Å²) < 4.78 is 17.3. The van der Waals surface area contributed by atoms with Crippen molar-refractivity contribution in [3.05, 3.63) is 27.1 Å². The van der Waals surface area contributed by atoms with Crippen LogP contribution >= 0.6 is 70.6 Å². The Labute approximate surface area is 155 Å². The van der Waals surface area contributed by atoms with Gasteiger partial charge in [-0.2, -0.15) is 0 Å². The van der Waals surface area contributed by atoms with Gasteiger partial charge in [-0.25, -0.2) is 0 Å². The highest BCUT2D eigenvalue weighted by Gasteiger charge is 2.39. The first kappa shape index (κ1) is 15.2. The van der Waals surface area contributed by atoms with Crippen molar-refractivity contribution in [3.63, 3.8) is 0 Å². The minimum atomic E-state index is 0.680. The van der Waals surface area contributed by atoms with Gasteiger partial charge < -0.3 is 9.47 Å². The summed E-state index contributed by atoms with van der Waals surface area (Å²) in [6.45, 7) is 1.36. The lowest BCUT2D eigenvalue weighted by atomic mass is 10.00. The van der Waals surface area contributed by atoms with Crippen LogP contribution in [-0.4, -0.2) is 23.7 Å². The molecule has 22 heavy (non-hydrogen) atoms. The second kappa shape index (κ2) is 6.33. The van der Waals surface area contributed by atoms with Crippen molar-refractivity contribution < 1.29 is 9.47 Å². The maximum Gasteiger partial charge on any atom is 0.208 e. The largest absolute Gasteiger partial charge is 0.480 e. The maximum absolute atomic E-state index is 5.71. The normalized spacial score (nSPS) is 34.2. The van der Waals surface area contributed by atoms with Crippen LogP contribution in [0.25, 0.3) is 0 Å². The Morgan fingerprint density at radius 3 is 1.68 bits per heavy atom. The van der Waals surface area contributed by atoms with Crippen molar-refractivity contribution in [3.8, 4) is 0 Å². The van der Waals surface area contributed by atoms with Crippen molar-refractivity contribution >= 4 is 70.6 Å². The van der Waals surface area contributed by atoms with E-state index in [9.17, 15) is 0 Å².